The average Bonchev–Trinajstić information content (AvgIpc) is 2.16. The Morgan fingerprint density at radius 2 is 2.07 bits per heavy atom. The first-order chi connectivity index (χ1) is 6.93. The first-order valence-corrected chi connectivity index (χ1v) is 4.96. The largest absolute Gasteiger partial charge is 0.766 e. The van der Waals surface area contributed by atoms with Gasteiger partial charge in [-0.15, -0.1) is 0 Å². The number of carbonyl (C=O) groups is 1. The summed E-state index contributed by atoms with van der Waals surface area (Å²) in [6, 6.07) is 3.02. The molecule has 0 amide bonds. The summed E-state index contributed by atoms with van der Waals surface area (Å²) in [6.45, 7) is 0. The molecule has 0 bridgehead atoms. The van der Waals surface area contributed by atoms with Gasteiger partial charge < -0.3 is 4.55 Å². The molecule has 0 aromatic heterocycles. The molecule has 1 unspecified atom stereocenters. The maximum atomic E-state index is 11.0. The van der Waals surface area contributed by atoms with E-state index in [1.165, 1.54) is 0 Å². The predicted octanol–water partition coefficient (Wildman–Crippen LogP) is 1.27. The lowest BCUT2D eigenvalue weighted by Gasteiger charge is -2.03. The third-order valence-electron chi connectivity index (χ3n) is 1.53. The lowest BCUT2D eigenvalue weighted by molar-refractivity contribution is -0.384. The van der Waals surface area contributed by atoms with Crippen molar-refractivity contribution in [3.05, 3.63) is 38.9 Å². The molecule has 15 heavy (non-hydrogen) atoms. The highest BCUT2D eigenvalue weighted by atomic mass is 35.5. The lowest BCUT2D eigenvalue weighted by atomic mass is 10.2. The van der Waals surface area contributed by atoms with Gasteiger partial charge in [-0.1, -0.05) is 11.6 Å². The summed E-state index contributed by atoms with van der Waals surface area (Å²) >= 11 is 2.52. The van der Waals surface area contributed by atoms with Crippen LogP contribution in [0.5, 0.6) is 0 Å². The van der Waals surface area contributed by atoms with Gasteiger partial charge in [0.25, 0.3) is 5.69 Å². The number of nitro benzene ring substituents is 1. The van der Waals surface area contributed by atoms with E-state index in [4.69, 9.17) is 11.6 Å². The first kappa shape index (κ1) is 11.8. The second kappa shape index (κ2) is 4.47. The zero-order valence-corrected chi connectivity index (χ0v) is 8.58. The Balaban J connectivity index is 3.25. The van der Waals surface area contributed by atoms with Crippen molar-refractivity contribution in [3.63, 3.8) is 0 Å². The maximum absolute atomic E-state index is 11.0. The normalized spacial score (nSPS) is 12.1. The third kappa shape index (κ3) is 2.58. The van der Waals surface area contributed by atoms with Gasteiger partial charge in [0.1, 0.15) is 5.02 Å². The van der Waals surface area contributed by atoms with Gasteiger partial charge in [-0.25, -0.2) is 0 Å². The van der Waals surface area contributed by atoms with Gasteiger partial charge in [-0.3, -0.25) is 19.1 Å². The van der Waals surface area contributed by atoms with Crippen LogP contribution in [-0.4, -0.2) is 18.8 Å². The molecule has 0 spiro atoms. The molecule has 80 valence electrons. The lowest BCUT2D eigenvalue weighted by Crippen LogP contribution is -2.06. The second-order valence-corrected chi connectivity index (χ2v) is 3.69. The van der Waals surface area contributed by atoms with Crippen LogP contribution in [-0.2, 0) is 11.1 Å². The summed E-state index contributed by atoms with van der Waals surface area (Å²) in [5, 5.41) is 9.05. The van der Waals surface area contributed by atoms with E-state index in [9.17, 15) is 23.7 Å². The predicted molar refractivity (Wildman–Crippen MR) is 51.4 cm³/mol. The van der Waals surface area contributed by atoms with Gasteiger partial charge >= 0.3 is 0 Å². The van der Waals surface area contributed by atoms with Crippen molar-refractivity contribution in [2.45, 2.75) is 0 Å². The highest BCUT2D eigenvalue weighted by molar-refractivity contribution is 7.95. The molecule has 0 aliphatic heterocycles. The molecule has 0 heterocycles. The summed E-state index contributed by atoms with van der Waals surface area (Å²) < 4.78 is 20.6. The topological polar surface area (TPSA) is 100 Å². The Kier molecular flexibility index (Phi) is 3.51. The molecule has 0 N–H and O–H groups in total. The number of carbonyl (C=O) groups excluding carboxylic acids is 1. The fourth-order valence-electron chi connectivity index (χ4n) is 0.876. The number of halogens is 1. The fourth-order valence-corrected chi connectivity index (χ4v) is 1.38. The molecule has 0 saturated carbocycles. The Hall–Kier alpha value is -1.31. The van der Waals surface area contributed by atoms with E-state index in [-0.39, 0.29) is 10.6 Å². The summed E-state index contributed by atoms with van der Waals surface area (Å²) in [5.41, 5.74) is -0.799. The molecule has 0 fully saturated rings. The van der Waals surface area contributed by atoms with Gasteiger partial charge in [0.05, 0.1) is 4.92 Å². The van der Waals surface area contributed by atoms with Gasteiger partial charge in [0.15, 0.2) is 0 Å². The minimum atomic E-state index is -2.94. The summed E-state index contributed by atoms with van der Waals surface area (Å²) in [4.78, 5) is 20.6. The van der Waals surface area contributed by atoms with Crippen molar-refractivity contribution in [1.29, 1.82) is 0 Å². The minimum Gasteiger partial charge on any atom is -0.766 e. The highest BCUT2D eigenvalue weighted by Gasteiger charge is 2.16. The smallest absolute Gasteiger partial charge is 0.288 e. The second-order valence-electron chi connectivity index (χ2n) is 2.45. The minimum absolute atomic E-state index is 0.159. The van der Waals surface area contributed by atoms with Crippen LogP contribution in [0.4, 0.5) is 5.69 Å². The van der Waals surface area contributed by atoms with E-state index in [1.807, 2.05) is 0 Å². The van der Waals surface area contributed by atoms with E-state index in [1.54, 1.807) is 0 Å². The van der Waals surface area contributed by atoms with Crippen LogP contribution < -0.4 is 0 Å². The van der Waals surface area contributed by atoms with E-state index in [0.29, 0.717) is 0 Å². The van der Waals surface area contributed by atoms with Crippen molar-refractivity contribution < 1.29 is 18.5 Å². The molecule has 0 radical (unpaired) electrons. The van der Waals surface area contributed by atoms with E-state index < -0.39 is 26.8 Å². The van der Waals surface area contributed by atoms with Crippen molar-refractivity contribution >= 4 is 33.5 Å². The van der Waals surface area contributed by atoms with Crippen molar-refractivity contribution in [2.75, 3.05) is 0 Å². The Morgan fingerprint density at radius 1 is 1.47 bits per heavy atom. The zero-order chi connectivity index (χ0) is 11.6. The molecule has 1 aromatic rings. The molecule has 0 saturated heterocycles. The molecule has 1 rings (SSSR count). The van der Waals surface area contributed by atoms with Crippen LogP contribution in [0.25, 0.3) is 0 Å². The number of benzene rings is 1. The van der Waals surface area contributed by atoms with Gasteiger partial charge in [0, 0.05) is 22.7 Å². The third-order valence-corrected chi connectivity index (χ3v) is 2.39. The Bertz CT molecular complexity index is 461. The molecular formula is C7H3ClNO5S-. The van der Waals surface area contributed by atoms with Crippen LogP contribution in [0, 0.1) is 10.1 Å². The number of nitrogens with zero attached hydrogens (tertiary/aromatic N) is 1. The molecule has 6 nitrogen and oxygen atoms in total. The summed E-state index contributed by atoms with van der Waals surface area (Å²) in [7, 11) is 0. The van der Waals surface area contributed by atoms with E-state index >= 15 is 0 Å². The Labute approximate surface area is 91.3 Å². The van der Waals surface area contributed by atoms with Crippen LogP contribution in [0.2, 0.25) is 5.02 Å². The SMILES string of the molecule is O=C(c1ccc(Cl)c([N+](=O)[O-])c1)S(=O)[O-]. The summed E-state index contributed by atoms with van der Waals surface area (Å²) in [5.74, 6) is 0. The van der Waals surface area contributed by atoms with E-state index in [2.05, 4.69) is 0 Å². The molecule has 1 atom stereocenters. The van der Waals surface area contributed by atoms with Crippen molar-refractivity contribution in [1.82, 2.24) is 0 Å². The molecule has 0 aliphatic rings. The van der Waals surface area contributed by atoms with Crippen LogP contribution in [0.15, 0.2) is 18.2 Å². The number of hydrogen-bond donors (Lipinski definition) is 0. The van der Waals surface area contributed by atoms with Gasteiger partial charge in [0.2, 0.25) is 5.12 Å². The summed E-state index contributed by atoms with van der Waals surface area (Å²) in [6.07, 6.45) is 0. The first-order valence-electron chi connectivity index (χ1n) is 3.51. The van der Waals surface area contributed by atoms with Crippen LogP contribution in [0.3, 0.4) is 0 Å². The standard InChI is InChI=1S/C7H4ClNO5S/c8-5-2-1-4(7(10)15(13)14)3-6(5)9(11)12/h1-3H,(H,13,14)/p-1. The van der Waals surface area contributed by atoms with Gasteiger partial charge in [-0.05, 0) is 12.1 Å². The quantitative estimate of drug-likeness (QED) is 0.446. The highest BCUT2D eigenvalue weighted by Crippen LogP contribution is 2.25. The number of nitro groups is 1. The van der Waals surface area contributed by atoms with Gasteiger partial charge in [-0.2, -0.15) is 0 Å². The molecule has 0 aliphatic carbocycles. The number of hydrogen-bond acceptors (Lipinski definition) is 5. The van der Waals surface area contributed by atoms with Crippen LogP contribution in [0.1, 0.15) is 10.4 Å². The van der Waals surface area contributed by atoms with Crippen LogP contribution >= 0.6 is 11.6 Å². The monoisotopic (exact) mass is 248 g/mol. The van der Waals surface area contributed by atoms with Crippen molar-refractivity contribution in [2.24, 2.45) is 0 Å². The Morgan fingerprint density at radius 3 is 2.53 bits per heavy atom. The average molecular weight is 249 g/mol. The molecule has 1 aromatic carbocycles. The maximum Gasteiger partial charge on any atom is 0.288 e. The van der Waals surface area contributed by atoms with Crippen molar-refractivity contribution in [3.8, 4) is 0 Å². The number of rotatable bonds is 2. The molecule has 8 heteroatoms. The molecular weight excluding hydrogens is 246 g/mol. The van der Waals surface area contributed by atoms with E-state index in [0.717, 1.165) is 18.2 Å². The zero-order valence-electron chi connectivity index (χ0n) is 7.01. The fraction of sp³-hybridized carbons (Fsp3) is 0.